The van der Waals surface area contributed by atoms with Crippen LogP contribution in [0.2, 0.25) is 0 Å². The SMILES string of the molecule is Fc1ccc(CN2CCC(c3nnc(-c4cccnc4)o3)CC2)cc1. The third kappa shape index (κ3) is 3.74. The summed E-state index contributed by atoms with van der Waals surface area (Å²) in [7, 11) is 0. The first-order valence-corrected chi connectivity index (χ1v) is 8.48. The lowest BCUT2D eigenvalue weighted by Gasteiger charge is -2.30. The zero-order valence-electron chi connectivity index (χ0n) is 13.8. The lowest BCUT2D eigenvalue weighted by atomic mass is 9.96. The van der Waals surface area contributed by atoms with Crippen LogP contribution in [0.15, 0.2) is 53.2 Å². The molecule has 0 spiro atoms. The van der Waals surface area contributed by atoms with Crippen molar-refractivity contribution in [3.8, 4) is 11.5 Å². The number of benzene rings is 1. The van der Waals surface area contributed by atoms with E-state index in [2.05, 4.69) is 20.1 Å². The third-order valence-corrected chi connectivity index (χ3v) is 4.61. The number of halogens is 1. The van der Waals surface area contributed by atoms with E-state index in [-0.39, 0.29) is 5.82 Å². The maximum absolute atomic E-state index is 13.0. The Bertz CT molecular complexity index is 811. The van der Waals surface area contributed by atoms with Crippen LogP contribution in [0.4, 0.5) is 4.39 Å². The van der Waals surface area contributed by atoms with Crippen LogP contribution in [-0.4, -0.2) is 33.2 Å². The van der Waals surface area contributed by atoms with E-state index < -0.39 is 0 Å². The topological polar surface area (TPSA) is 55.1 Å². The van der Waals surface area contributed by atoms with Gasteiger partial charge < -0.3 is 4.42 Å². The molecule has 0 amide bonds. The zero-order chi connectivity index (χ0) is 17.1. The Hall–Kier alpha value is -2.60. The summed E-state index contributed by atoms with van der Waals surface area (Å²) in [6.45, 7) is 2.77. The quantitative estimate of drug-likeness (QED) is 0.727. The molecule has 1 aliphatic rings. The molecule has 0 bridgehead atoms. The van der Waals surface area contributed by atoms with Gasteiger partial charge in [-0.2, -0.15) is 0 Å². The first-order chi connectivity index (χ1) is 12.3. The molecule has 1 aliphatic heterocycles. The van der Waals surface area contributed by atoms with Crippen molar-refractivity contribution in [1.82, 2.24) is 20.1 Å². The van der Waals surface area contributed by atoms with Crippen LogP contribution in [0.25, 0.3) is 11.5 Å². The van der Waals surface area contributed by atoms with Crippen molar-refractivity contribution < 1.29 is 8.81 Å². The maximum atomic E-state index is 13.0. The molecule has 6 heteroatoms. The molecule has 2 aromatic heterocycles. The van der Waals surface area contributed by atoms with Crippen molar-refractivity contribution in [2.45, 2.75) is 25.3 Å². The standard InChI is InChI=1S/C19H19FN4O/c20-17-5-3-14(4-6-17)13-24-10-7-15(8-11-24)18-22-23-19(25-18)16-2-1-9-21-12-16/h1-6,9,12,15H,7-8,10-11,13H2. The summed E-state index contributed by atoms with van der Waals surface area (Å²) in [4.78, 5) is 6.46. The Morgan fingerprint density at radius 1 is 1.08 bits per heavy atom. The van der Waals surface area contributed by atoms with Gasteiger partial charge in [0.2, 0.25) is 11.8 Å². The van der Waals surface area contributed by atoms with E-state index in [0.29, 0.717) is 17.7 Å². The summed E-state index contributed by atoms with van der Waals surface area (Å²) >= 11 is 0. The molecule has 0 unspecified atom stereocenters. The number of likely N-dealkylation sites (tertiary alicyclic amines) is 1. The van der Waals surface area contributed by atoms with Gasteiger partial charge in [0, 0.05) is 24.9 Å². The van der Waals surface area contributed by atoms with Gasteiger partial charge in [0.15, 0.2) is 0 Å². The van der Waals surface area contributed by atoms with Gasteiger partial charge in [0.1, 0.15) is 5.82 Å². The second-order valence-electron chi connectivity index (χ2n) is 6.36. The molecule has 128 valence electrons. The van der Waals surface area contributed by atoms with Crippen molar-refractivity contribution in [2.24, 2.45) is 0 Å². The highest BCUT2D eigenvalue weighted by Gasteiger charge is 2.25. The van der Waals surface area contributed by atoms with Gasteiger partial charge in [-0.1, -0.05) is 12.1 Å². The first-order valence-electron chi connectivity index (χ1n) is 8.48. The van der Waals surface area contributed by atoms with E-state index in [0.717, 1.165) is 43.6 Å². The fraction of sp³-hybridized carbons (Fsp3) is 0.316. The molecule has 5 nitrogen and oxygen atoms in total. The van der Waals surface area contributed by atoms with Crippen LogP contribution < -0.4 is 0 Å². The van der Waals surface area contributed by atoms with Gasteiger partial charge in [-0.25, -0.2) is 4.39 Å². The number of rotatable bonds is 4. The average Bonchev–Trinajstić information content (AvgIpc) is 3.15. The van der Waals surface area contributed by atoms with E-state index in [1.807, 2.05) is 24.3 Å². The van der Waals surface area contributed by atoms with E-state index in [4.69, 9.17) is 4.42 Å². The molecular formula is C19H19FN4O. The second-order valence-corrected chi connectivity index (χ2v) is 6.36. The van der Waals surface area contributed by atoms with Crippen molar-refractivity contribution >= 4 is 0 Å². The summed E-state index contributed by atoms with van der Waals surface area (Å²) < 4.78 is 18.8. The van der Waals surface area contributed by atoms with Crippen LogP contribution in [-0.2, 0) is 6.54 Å². The Morgan fingerprint density at radius 2 is 1.88 bits per heavy atom. The minimum Gasteiger partial charge on any atom is -0.420 e. The predicted molar refractivity (Wildman–Crippen MR) is 91.2 cm³/mol. The predicted octanol–water partition coefficient (Wildman–Crippen LogP) is 3.65. The fourth-order valence-corrected chi connectivity index (χ4v) is 3.19. The zero-order valence-corrected chi connectivity index (χ0v) is 13.8. The van der Waals surface area contributed by atoms with Crippen LogP contribution in [0.1, 0.15) is 30.2 Å². The Kier molecular flexibility index (Phi) is 4.52. The van der Waals surface area contributed by atoms with Crippen LogP contribution in [0.3, 0.4) is 0 Å². The van der Waals surface area contributed by atoms with E-state index in [1.54, 1.807) is 12.4 Å². The van der Waals surface area contributed by atoms with Gasteiger partial charge >= 0.3 is 0 Å². The lowest BCUT2D eigenvalue weighted by Crippen LogP contribution is -2.32. The summed E-state index contributed by atoms with van der Waals surface area (Å²) in [6, 6.07) is 10.5. The normalized spacial score (nSPS) is 16.2. The number of aromatic nitrogens is 3. The van der Waals surface area contributed by atoms with Crippen molar-refractivity contribution in [2.75, 3.05) is 13.1 Å². The monoisotopic (exact) mass is 338 g/mol. The molecule has 0 saturated carbocycles. The highest BCUT2D eigenvalue weighted by molar-refractivity contribution is 5.49. The first kappa shape index (κ1) is 15.9. The van der Waals surface area contributed by atoms with Gasteiger partial charge in [-0.05, 0) is 55.8 Å². The smallest absolute Gasteiger partial charge is 0.249 e. The number of nitrogens with zero attached hydrogens (tertiary/aromatic N) is 4. The molecule has 4 rings (SSSR count). The third-order valence-electron chi connectivity index (χ3n) is 4.61. The number of pyridine rings is 1. The van der Waals surface area contributed by atoms with Crippen LogP contribution in [0.5, 0.6) is 0 Å². The van der Waals surface area contributed by atoms with Crippen molar-refractivity contribution in [1.29, 1.82) is 0 Å². The molecule has 1 aromatic carbocycles. The van der Waals surface area contributed by atoms with Gasteiger partial charge in [0.05, 0.1) is 5.56 Å². The molecule has 1 fully saturated rings. The largest absolute Gasteiger partial charge is 0.420 e. The number of hydrogen-bond acceptors (Lipinski definition) is 5. The molecular weight excluding hydrogens is 319 g/mol. The summed E-state index contributed by atoms with van der Waals surface area (Å²) in [6.07, 6.45) is 5.41. The van der Waals surface area contributed by atoms with E-state index in [1.165, 1.54) is 12.1 Å². The van der Waals surface area contributed by atoms with Crippen LogP contribution in [0, 0.1) is 5.82 Å². The van der Waals surface area contributed by atoms with Gasteiger partial charge in [0.25, 0.3) is 0 Å². The lowest BCUT2D eigenvalue weighted by molar-refractivity contribution is 0.193. The Balaban J connectivity index is 1.36. The fourth-order valence-electron chi connectivity index (χ4n) is 3.19. The average molecular weight is 338 g/mol. The second kappa shape index (κ2) is 7.11. The minimum absolute atomic E-state index is 0.191. The van der Waals surface area contributed by atoms with Gasteiger partial charge in [-0.3, -0.25) is 9.88 Å². The highest BCUT2D eigenvalue weighted by atomic mass is 19.1. The number of hydrogen-bond donors (Lipinski definition) is 0. The Labute approximate surface area is 145 Å². The van der Waals surface area contributed by atoms with Gasteiger partial charge in [-0.15, -0.1) is 10.2 Å². The molecule has 1 saturated heterocycles. The highest BCUT2D eigenvalue weighted by Crippen LogP contribution is 2.29. The molecule has 3 aromatic rings. The van der Waals surface area contributed by atoms with E-state index >= 15 is 0 Å². The van der Waals surface area contributed by atoms with Crippen LogP contribution >= 0.6 is 0 Å². The molecule has 0 N–H and O–H groups in total. The molecule has 0 aliphatic carbocycles. The number of piperidine rings is 1. The minimum atomic E-state index is -0.191. The summed E-state index contributed by atoms with van der Waals surface area (Å²) in [5.74, 6) is 1.34. The maximum Gasteiger partial charge on any atom is 0.249 e. The molecule has 0 atom stereocenters. The van der Waals surface area contributed by atoms with Crippen molar-refractivity contribution in [3.05, 3.63) is 66.1 Å². The summed E-state index contributed by atoms with van der Waals surface area (Å²) in [5, 5.41) is 8.38. The molecule has 25 heavy (non-hydrogen) atoms. The molecule has 0 radical (unpaired) electrons. The molecule has 3 heterocycles. The van der Waals surface area contributed by atoms with Crippen molar-refractivity contribution in [3.63, 3.8) is 0 Å². The van der Waals surface area contributed by atoms with E-state index in [9.17, 15) is 4.39 Å². The summed E-state index contributed by atoms with van der Waals surface area (Å²) in [5.41, 5.74) is 1.98. The Morgan fingerprint density at radius 3 is 2.60 bits per heavy atom.